The Bertz CT molecular complexity index is 1090. The summed E-state index contributed by atoms with van der Waals surface area (Å²) in [5.41, 5.74) is 1.78. The van der Waals surface area contributed by atoms with Crippen LogP contribution in [0.2, 0.25) is 0 Å². The van der Waals surface area contributed by atoms with Gasteiger partial charge in [0.25, 0.3) is 5.91 Å². The Labute approximate surface area is 157 Å². The molecule has 1 aromatic heterocycles. The number of nitrogens with one attached hydrogen (secondary N) is 3. The molecule has 2 aromatic carbocycles. The number of hydrogen-bond acceptors (Lipinski definition) is 4. The summed E-state index contributed by atoms with van der Waals surface area (Å²) in [5, 5.41) is 10.5. The summed E-state index contributed by atoms with van der Waals surface area (Å²) in [6.45, 7) is 0. The van der Waals surface area contributed by atoms with E-state index < -0.39 is 10.0 Å². The summed E-state index contributed by atoms with van der Waals surface area (Å²) in [6.07, 6.45) is 5.46. The molecule has 0 bridgehead atoms. The van der Waals surface area contributed by atoms with Crippen molar-refractivity contribution >= 4 is 32.5 Å². The molecule has 1 fully saturated rings. The van der Waals surface area contributed by atoms with Crippen molar-refractivity contribution in [2.75, 3.05) is 5.32 Å². The predicted octanol–water partition coefficient (Wildman–Crippen LogP) is 3.04. The van der Waals surface area contributed by atoms with E-state index in [0.29, 0.717) is 5.69 Å². The second kappa shape index (κ2) is 7.13. The van der Waals surface area contributed by atoms with Crippen molar-refractivity contribution in [2.24, 2.45) is 0 Å². The van der Waals surface area contributed by atoms with Crippen LogP contribution in [0, 0.1) is 0 Å². The zero-order valence-corrected chi connectivity index (χ0v) is 15.4. The number of rotatable bonds is 5. The van der Waals surface area contributed by atoms with Gasteiger partial charge >= 0.3 is 0 Å². The molecule has 0 unspecified atom stereocenters. The van der Waals surface area contributed by atoms with E-state index in [2.05, 4.69) is 20.2 Å². The molecule has 1 aliphatic carbocycles. The van der Waals surface area contributed by atoms with Gasteiger partial charge in [0.1, 0.15) is 0 Å². The third kappa shape index (κ3) is 3.86. The molecule has 8 heteroatoms. The van der Waals surface area contributed by atoms with Gasteiger partial charge in [0.15, 0.2) is 0 Å². The Morgan fingerprint density at radius 3 is 2.74 bits per heavy atom. The van der Waals surface area contributed by atoms with Gasteiger partial charge in [0.05, 0.1) is 16.6 Å². The standard InChI is InChI=1S/C19H20N4O3S/c24-19(21-16-8-9-18-14(10-16)12-20-22-18)13-4-3-7-17(11-13)27(25,26)23-15-5-1-2-6-15/h3-4,7-12,15,23H,1-2,5-6H2,(H,20,22)(H,21,24). The molecule has 0 aliphatic heterocycles. The van der Waals surface area contributed by atoms with E-state index in [1.807, 2.05) is 6.07 Å². The third-order valence-electron chi connectivity index (χ3n) is 4.78. The number of carbonyl (C=O) groups excluding carboxylic acids is 1. The minimum absolute atomic E-state index is 0.0193. The van der Waals surface area contributed by atoms with Crippen molar-refractivity contribution in [1.29, 1.82) is 0 Å². The highest BCUT2D eigenvalue weighted by atomic mass is 32.2. The first-order valence-corrected chi connectivity index (χ1v) is 10.4. The first-order valence-electron chi connectivity index (χ1n) is 8.88. The summed E-state index contributed by atoms with van der Waals surface area (Å²) in [4.78, 5) is 12.7. The van der Waals surface area contributed by atoms with E-state index in [9.17, 15) is 13.2 Å². The number of hydrogen-bond donors (Lipinski definition) is 3. The fraction of sp³-hybridized carbons (Fsp3) is 0.263. The Hall–Kier alpha value is -2.71. The molecule has 1 saturated carbocycles. The Balaban J connectivity index is 1.53. The van der Waals surface area contributed by atoms with Crippen LogP contribution in [0.3, 0.4) is 0 Å². The molecule has 1 amide bonds. The second-order valence-electron chi connectivity index (χ2n) is 6.76. The van der Waals surface area contributed by atoms with Crippen molar-refractivity contribution in [3.05, 3.63) is 54.2 Å². The lowest BCUT2D eigenvalue weighted by Crippen LogP contribution is -2.32. The number of benzene rings is 2. The maximum Gasteiger partial charge on any atom is 0.255 e. The maximum atomic E-state index is 12.6. The van der Waals surface area contributed by atoms with Crippen LogP contribution in [0.15, 0.2) is 53.6 Å². The minimum Gasteiger partial charge on any atom is -0.322 e. The first kappa shape index (κ1) is 17.7. The maximum absolute atomic E-state index is 12.6. The van der Waals surface area contributed by atoms with Crippen molar-refractivity contribution in [2.45, 2.75) is 36.6 Å². The average molecular weight is 384 g/mol. The molecular weight excluding hydrogens is 364 g/mol. The smallest absolute Gasteiger partial charge is 0.255 e. The van der Waals surface area contributed by atoms with Gasteiger partial charge in [-0.05, 0) is 49.2 Å². The summed E-state index contributed by atoms with van der Waals surface area (Å²) < 4.78 is 27.9. The van der Waals surface area contributed by atoms with E-state index in [4.69, 9.17) is 0 Å². The molecule has 3 N–H and O–H groups in total. The number of aromatic nitrogens is 2. The molecule has 1 heterocycles. The normalized spacial score (nSPS) is 15.3. The highest BCUT2D eigenvalue weighted by Gasteiger charge is 2.23. The highest BCUT2D eigenvalue weighted by Crippen LogP contribution is 2.21. The number of nitrogens with zero attached hydrogens (tertiary/aromatic N) is 1. The summed E-state index contributed by atoms with van der Waals surface area (Å²) in [7, 11) is -3.64. The van der Waals surface area contributed by atoms with Crippen molar-refractivity contribution in [3.63, 3.8) is 0 Å². The molecule has 0 radical (unpaired) electrons. The van der Waals surface area contributed by atoms with Gasteiger partial charge in [0.2, 0.25) is 10.0 Å². The van der Waals surface area contributed by atoms with Crippen molar-refractivity contribution < 1.29 is 13.2 Å². The number of carbonyl (C=O) groups is 1. The Morgan fingerprint density at radius 1 is 1.11 bits per heavy atom. The lowest BCUT2D eigenvalue weighted by molar-refractivity contribution is 0.102. The molecule has 1 aliphatic rings. The molecule has 140 valence electrons. The van der Waals surface area contributed by atoms with Crippen LogP contribution in [0.25, 0.3) is 10.9 Å². The molecule has 0 spiro atoms. The Kier molecular flexibility index (Phi) is 4.67. The third-order valence-corrected chi connectivity index (χ3v) is 6.30. The van der Waals surface area contributed by atoms with Crippen molar-refractivity contribution in [3.8, 4) is 0 Å². The molecule has 0 atom stereocenters. The van der Waals surface area contributed by atoms with E-state index >= 15 is 0 Å². The summed E-state index contributed by atoms with van der Waals surface area (Å²) in [5.74, 6) is -0.365. The number of aromatic amines is 1. The molecule has 4 rings (SSSR count). The van der Waals surface area contributed by atoms with Crippen LogP contribution in [-0.2, 0) is 10.0 Å². The van der Waals surface area contributed by atoms with Crippen LogP contribution in [0.1, 0.15) is 36.0 Å². The van der Waals surface area contributed by atoms with Crippen LogP contribution >= 0.6 is 0 Å². The van der Waals surface area contributed by atoms with E-state index in [-0.39, 0.29) is 22.4 Å². The zero-order chi connectivity index (χ0) is 18.9. The topological polar surface area (TPSA) is 104 Å². The molecule has 7 nitrogen and oxygen atoms in total. The average Bonchev–Trinajstić information content (AvgIpc) is 3.32. The van der Waals surface area contributed by atoms with Gasteiger partial charge < -0.3 is 5.32 Å². The molecule has 27 heavy (non-hydrogen) atoms. The zero-order valence-electron chi connectivity index (χ0n) is 14.6. The second-order valence-corrected chi connectivity index (χ2v) is 8.47. The van der Waals surface area contributed by atoms with E-state index in [1.54, 1.807) is 30.5 Å². The number of fused-ring (bicyclic) bond motifs is 1. The largest absolute Gasteiger partial charge is 0.322 e. The quantitative estimate of drug-likeness (QED) is 0.629. The molecule has 0 saturated heterocycles. The fourth-order valence-corrected chi connectivity index (χ4v) is 4.71. The lowest BCUT2D eigenvalue weighted by atomic mass is 10.2. The monoisotopic (exact) mass is 384 g/mol. The summed E-state index contributed by atoms with van der Waals surface area (Å²) >= 11 is 0. The van der Waals surface area contributed by atoms with Gasteiger partial charge in [-0.3, -0.25) is 9.89 Å². The van der Waals surface area contributed by atoms with Gasteiger partial charge in [0, 0.05) is 22.7 Å². The van der Waals surface area contributed by atoms with Gasteiger partial charge in [-0.1, -0.05) is 18.9 Å². The van der Waals surface area contributed by atoms with Crippen LogP contribution < -0.4 is 10.0 Å². The van der Waals surface area contributed by atoms with Gasteiger partial charge in [-0.15, -0.1) is 0 Å². The highest BCUT2D eigenvalue weighted by molar-refractivity contribution is 7.89. The van der Waals surface area contributed by atoms with E-state index in [1.165, 1.54) is 12.1 Å². The van der Waals surface area contributed by atoms with E-state index in [0.717, 1.165) is 36.6 Å². The summed E-state index contributed by atoms with van der Waals surface area (Å²) in [6, 6.07) is 11.5. The molecular formula is C19H20N4O3S. The minimum atomic E-state index is -3.64. The van der Waals surface area contributed by atoms with Gasteiger partial charge in [-0.2, -0.15) is 5.10 Å². The number of sulfonamides is 1. The van der Waals surface area contributed by atoms with Gasteiger partial charge in [-0.25, -0.2) is 13.1 Å². The lowest BCUT2D eigenvalue weighted by Gasteiger charge is -2.13. The molecule has 3 aromatic rings. The number of amides is 1. The Morgan fingerprint density at radius 2 is 1.93 bits per heavy atom. The van der Waals surface area contributed by atoms with Crippen LogP contribution in [0.5, 0.6) is 0 Å². The number of anilines is 1. The first-order chi connectivity index (χ1) is 13.0. The van der Waals surface area contributed by atoms with Crippen LogP contribution in [-0.4, -0.2) is 30.6 Å². The fourth-order valence-electron chi connectivity index (χ4n) is 3.36. The number of H-pyrrole nitrogens is 1. The van der Waals surface area contributed by atoms with Crippen LogP contribution in [0.4, 0.5) is 5.69 Å². The SMILES string of the molecule is O=C(Nc1ccc2[nH]ncc2c1)c1cccc(S(=O)(=O)NC2CCCC2)c1. The predicted molar refractivity (Wildman–Crippen MR) is 103 cm³/mol. The van der Waals surface area contributed by atoms with Crippen molar-refractivity contribution in [1.82, 2.24) is 14.9 Å².